The van der Waals surface area contributed by atoms with Crippen molar-refractivity contribution < 1.29 is 14.2 Å². The molecule has 0 N–H and O–H groups in total. The molecule has 1 aromatic rings. The number of benzene rings is 1. The van der Waals surface area contributed by atoms with E-state index in [1.165, 1.54) is 5.56 Å². The van der Waals surface area contributed by atoms with Crippen LogP contribution in [-0.2, 0) is 10.2 Å². The summed E-state index contributed by atoms with van der Waals surface area (Å²) in [7, 11) is 3.29. The summed E-state index contributed by atoms with van der Waals surface area (Å²) in [5.41, 5.74) is 1.21. The van der Waals surface area contributed by atoms with Gasteiger partial charge in [0.1, 0.15) is 0 Å². The molecule has 0 spiro atoms. The lowest BCUT2D eigenvalue weighted by molar-refractivity contribution is 0.0575. The predicted octanol–water partition coefficient (Wildman–Crippen LogP) is 2.99. The third kappa shape index (κ3) is 2.43. The van der Waals surface area contributed by atoms with Crippen LogP contribution < -0.4 is 9.47 Å². The molecule has 0 bridgehead atoms. The highest BCUT2D eigenvalue weighted by Gasteiger charge is 2.34. The van der Waals surface area contributed by atoms with E-state index < -0.39 is 0 Å². The average Bonchev–Trinajstić information content (AvgIpc) is 2.47. The summed E-state index contributed by atoms with van der Waals surface area (Å²) < 4.78 is 16.1. The molecule has 0 atom stereocenters. The summed E-state index contributed by atoms with van der Waals surface area (Å²) in [4.78, 5) is 0. The minimum Gasteiger partial charge on any atom is -0.493 e. The Kier molecular flexibility index (Phi) is 4.36. The number of ether oxygens (including phenoxy) is 3. The highest BCUT2D eigenvalue weighted by Crippen LogP contribution is 2.39. The van der Waals surface area contributed by atoms with Crippen LogP contribution in [0.1, 0.15) is 18.4 Å². The monoisotopic (exact) mass is 270 g/mol. The smallest absolute Gasteiger partial charge is 0.161 e. The fourth-order valence-corrected chi connectivity index (χ4v) is 2.85. The van der Waals surface area contributed by atoms with Gasteiger partial charge in [-0.3, -0.25) is 0 Å². The summed E-state index contributed by atoms with van der Waals surface area (Å²) >= 11 is 6.21. The van der Waals surface area contributed by atoms with E-state index in [9.17, 15) is 0 Å². The molecule has 100 valence electrons. The van der Waals surface area contributed by atoms with Crippen LogP contribution in [0.25, 0.3) is 0 Å². The zero-order valence-electron chi connectivity index (χ0n) is 10.9. The van der Waals surface area contributed by atoms with Crippen molar-refractivity contribution in [3.63, 3.8) is 0 Å². The van der Waals surface area contributed by atoms with Crippen molar-refractivity contribution in [2.45, 2.75) is 18.3 Å². The molecule has 2 rings (SSSR count). The Morgan fingerprint density at radius 1 is 1.17 bits per heavy atom. The van der Waals surface area contributed by atoms with Crippen molar-refractivity contribution in [3.8, 4) is 11.5 Å². The summed E-state index contributed by atoms with van der Waals surface area (Å²) in [6.07, 6.45) is 1.90. The molecule has 1 fully saturated rings. The topological polar surface area (TPSA) is 27.7 Å². The van der Waals surface area contributed by atoms with E-state index >= 15 is 0 Å². The standard InChI is InChI=1S/C14H19ClO3/c1-16-12-4-3-11(9-13(12)17-2)14(10-15)5-7-18-8-6-14/h3-4,9H,5-8,10H2,1-2H3. The Morgan fingerprint density at radius 3 is 2.39 bits per heavy atom. The Balaban J connectivity index is 2.36. The molecule has 4 heteroatoms. The zero-order chi connectivity index (χ0) is 13.0. The third-order valence-corrected chi connectivity index (χ3v) is 4.21. The van der Waals surface area contributed by atoms with Crippen molar-refractivity contribution in [1.82, 2.24) is 0 Å². The molecule has 0 aromatic heterocycles. The van der Waals surface area contributed by atoms with Crippen LogP contribution in [0.3, 0.4) is 0 Å². The molecule has 0 aliphatic carbocycles. The van der Waals surface area contributed by atoms with Gasteiger partial charge in [0.05, 0.1) is 14.2 Å². The Hall–Kier alpha value is -0.930. The summed E-state index contributed by atoms with van der Waals surface area (Å²) in [5.74, 6) is 2.11. The van der Waals surface area contributed by atoms with E-state index in [-0.39, 0.29) is 5.41 Å². The molecule has 1 heterocycles. The highest BCUT2D eigenvalue weighted by molar-refractivity contribution is 6.18. The number of halogens is 1. The summed E-state index contributed by atoms with van der Waals surface area (Å²) in [5, 5.41) is 0. The molecule has 0 unspecified atom stereocenters. The molecule has 18 heavy (non-hydrogen) atoms. The van der Waals surface area contributed by atoms with Gasteiger partial charge in [-0.2, -0.15) is 0 Å². The van der Waals surface area contributed by atoms with Gasteiger partial charge in [0.15, 0.2) is 11.5 Å². The van der Waals surface area contributed by atoms with Gasteiger partial charge in [-0.15, -0.1) is 11.6 Å². The molecule has 1 aliphatic heterocycles. The lowest BCUT2D eigenvalue weighted by Crippen LogP contribution is -2.35. The highest BCUT2D eigenvalue weighted by atomic mass is 35.5. The summed E-state index contributed by atoms with van der Waals surface area (Å²) in [6.45, 7) is 1.53. The maximum atomic E-state index is 6.21. The van der Waals surface area contributed by atoms with Gasteiger partial charge in [-0.05, 0) is 30.5 Å². The van der Waals surface area contributed by atoms with Crippen LogP contribution in [0, 0.1) is 0 Å². The van der Waals surface area contributed by atoms with Gasteiger partial charge < -0.3 is 14.2 Å². The molecule has 0 amide bonds. The van der Waals surface area contributed by atoms with Crippen LogP contribution in [0.5, 0.6) is 11.5 Å². The molecular weight excluding hydrogens is 252 g/mol. The van der Waals surface area contributed by atoms with Crippen molar-refractivity contribution in [1.29, 1.82) is 0 Å². The first-order valence-corrected chi connectivity index (χ1v) is 6.65. The minimum absolute atomic E-state index is 0.000638. The first-order chi connectivity index (χ1) is 8.75. The van der Waals surface area contributed by atoms with Crippen molar-refractivity contribution in [2.24, 2.45) is 0 Å². The van der Waals surface area contributed by atoms with E-state index in [0.29, 0.717) is 5.88 Å². The second-order valence-electron chi connectivity index (χ2n) is 4.60. The first kappa shape index (κ1) is 13.5. The minimum atomic E-state index is -0.000638. The number of methoxy groups -OCH3 is 2. The van der Waals surface area contributed by atoms with Crippen LogP contribution in [0.2, 0.25) is 0 Å². The second kappa shape index (κ2) is 5.81. The van der Waals surface area contributed by atoms with E-state index in [4.69, 9.17) is 25.8 Å². The largest absolute Gasteiger partial charge is 0.493 e. The zero-order valence-corrected chi connectivity index (χ0v) is 11.6. The van der Waals surface area contributed by atoms with E-state index in [0.717, 1.165) is 37.6 Å². The van der Waals surface area contributed by atoms with Crippen LogP contribution >= 0.6 is 11.6 Å². The quantitative estimate of drug-likeness (QED) is 0.788. The van der Waals surface area contributed by atoms with E-state index in [2.05, 4.69) is 6.07 Å². The van der Waals surface area contributed by atoms with Gasteiger partial charge in [-0.25, -0.2) is 0 Å². The Morgan fingerprint density at radius 2 is 1.83 bits per heavy atom. The van der Waals surface area contributed by atoms with Gasteiger partial charge in [0.25, 0.3) is 0 Å². The van der Waals surface area contributed by atoms with Crippen LogP contribution in [0.4, 0.5) is 0 Å². The number of hydrogen-bond acceptors (Lipinski definition) is 3. The predicted molar refractivity (Wildman–Crippen MR) is 72.0 cm³/mol. The fraction of sp³-hybridized carbons (Fsp3) is 0.571. The van der Waals surface area contributed by atoms with Crippen molar-refractivity contribution >= 4 is 11.6 Å². The first-order valence-electron chi connectivity index (χ1n) is 6.12. The molecular formula is C14H19ClO3. The van der Waals surface area contributed by atoms with Gasteiger partial charge >= 0.3 is 0 Å². The molecule has 0 radical (unpaired) electrons. The molecule has 1 saturated heterocycles. The van der Waals surface area contributed by atoms with E-state index in [1.807, 2.05) is 12.1 Å². The Bertz CT molecular complexity index is 400. The van der Waals surface area contributed by atoms with Crippen LogP contribution in [0.15, 0.2) is 18.2 Å². The second-order valence-corrected chi connectivity index (χ2v) is 4.86. The van der Waals surface area contributed by atoms with Crippen LogP contribution in [-0.4, -0.2) is 33.3 Å². The maximum Gasteiger partial charge on any atom is 0.161 e. The third-order valence-electron chi connectivity index (χ3n) is 3.70. The number of hydrogen-bond donors (Lipinski definition) is 0. The van der Waals surface area contributed by atoms with Crippen molar-refractivity contribution in [2.75, 3.05) is 33.3 Å². The SMILES string of the molecule is COc1ccc(C2(CCl)CCOCC2)cc1OC. The van der Waals surface area contributed by atoms with Gasteiger partial charge in [0.2, 0.25) is 0 Å². The lowest BCUT2D eigenvalue weighted by atomic mass is 9.76. The fourth-order valence-electron chi connectivity index (χ4n) is 2.43. The Labute approximate surface area is 113 Å². The summed E-state index contributed by atoms with van der Waals surface area (Å²) in [6, 6.07) is 6.06. The number of alkyl halides is 1. The molecule has 3 nitrogen and oxygen atoms in total. The number of rotatable bonds is 4. The maximum absolute atomic E-state index is 6.21. The van der Waals surface area contributed by atoms with Gasteiger partial charge in [-0.1, -0.05) is 6.07 Å². The van der Waals surface area contributed by atoms with Crippen molar-refractivity contribution in [3.05, 3.63) is 23.8 Å². The van der Waals surface area contributed by atoms with Gasteiger partial charge in [0, 0.05) is 24.5 Å². The van der Waals surface area contributed by atoms with E-state index in [1.54, 1.807) is 14.2 Å². The average molecular weight is 271 g/mol. The molecule has 1 aromatic carbocycles. The lowest BCUT2D eigenvalue weighted by Gasteiger charge is -2.36. The molecule has 1 aliphatic rings. The normalized spacial score (nSPS) is 18.4. The molecule has 0 saturated carbocycles.